The number of anilines is 1. The van der Waals surface area contributed by atoms with Crippen LogP contribution >= 0.6 is 0 Å². The molecule has 0 unspecified atom stereocenters. The molecule has 0 radical (unpaired) electrons. The van der Waals surface area contributed by atoms with Gasteiger partial charge in [-0.2, -0.15) is 0 Å². The first-order valence-corrected chi connectivity index (χ1v) is 13.3. The quantitative estimate of drug-likeness (QED) is 0.442. The van der Waals surface area contributed by atoms with E-state index < -0.39 is 23.8 Å². The molecule has 0 bridgehead atoms. The van der Waals surface area contributed by atoms with E-state index in [0.717, 1.165) is 35.8 Å². The molecule has 7 nitrogen and oxygen atoms in total. The minimum atomic E-state index is -2.89. The number of likely N-dealkylation sites (tertiary alicyclic amines) is 1. The van der Waals surface area contributed by atoms with Crippen LogP contribution in [0, 0.1) is 5.82 Å². The molecule has 1 aromatic carbocycles. The molecule has 10 heteroatoms. The lowest BCUT2D eigenvalue weighted by Crippen LogP contribution is -2.45. The Morgan fingerprint density at radius 1 is 1.15 bits per heavy atom. The number of benzene rings is 1. The van der Waals surface area contributed by atoms with Crippen LogP contribution in [0.2, 0.25) is 0 Å². The van der Waals surface area contributed by atoms with Crippen molar-refractivity contribution in [3.63, 3.8) is 0 Å². The fourth-order valence-corrected chi connectivity index (χ4v) is 5.23. The largest absolute Gasteiger partial charge is 0.393 e. The topological polar surface area (TPSA) is 81.6 Å². The molecule has 39 heavy (non-hydrogen) atoms. The second-order valence-corrected chi connectivity index (χ2v) is 10.2. The van der Waals surface area contributed by atoms with Gasteiger partial charge in [0.15, 0.2) is 0 Å². The Kier molecular flexibility index (Phi) is 8.13. The van der Waals surface area contributed by atoms with E-state index in [1.807, 2.05) is 17.0 Å². The number of nitrogens with zero attached hydrogens (tertiary/aromatic N) is 4. The molecule has 1 atom stereocenters. The van der Waals surface area contributed by atoms with Gasteiger partial charge >= 0.3 is 0 Å². The molecular formula is C29H32F3N5O2. The van der Waals surface area contributed by atoms with E-state index in [2.05, 4.69) is 20.2 Å². The zero-order chi connectivity index (χ0) is 27.5. The number of piperidine rings is 1. The van der Waals surface area contributed by atoms with Crippen LogP contribution in [-0.2, 0) is 4.79 Å². The summed E-state index contributed by atoms with van der Waals surface area (Å²) >= 11 is 0. The summed E-state index contributed by atoms with van der Waals surface area (Å²) in [5, 5.41) is 13.7. The second-order valence-electron chi connectivity index (χ2n) is 10.2. The summed E-state index contributed by atoms with van der Waals surface area (Å²) in [5.41, 5.74) is 2.69. The van der Waals surface area contributed by atoms with Gasteiger partial charge in [0.25, 0.3) is 6.43 Å². The van der Waals surface area contributed by atoms with Crippen LogP contribution in [-0.4, -0.2) is 69.6 Å². The van der Waals surface area contributed by atoms with Gasteiger partial charge in [0, 0.05) is 49.0 Å². The summed E-state index contributed by atoms with van der Waals surface area (Å²) in [7, 11) is 0. The maximum Gasteiger partial charge on any atom is 0.266 e. The van der Waals surface area contributed by atoms with Crippen molar-refractivity contribution in [3.8, 4) is 0 Å². The van der Waals surface area contributed by atoms with Crippen molar-refractivity contribution in [1.29, 1.82) is 0 Å². The molecule has 4 heterocycles. The average Bonchev–Trinajstić information content (AvgIpc) is 2.94. The molecule has 0 spiro atoms. The molecule has 5 rings (SSSR count). The smallest absolute Gasteiger partial charge is 0.266 e. The number of pyridine rings is 2. The molecule has 2 aliphatic rings. The summed E-state index contributed by atoms with van der Waals surface area (Å²) < 4.78 is 41.1. The molecule has 1 fully saturated rings. The van der Waals surface area contributed by atoms with E-state index in [1.54, 1.807) is 25.4 Å². The van der Waals surface area contributed by atoms with Crippen LogP contribution in [0.1, 0.15) is 55.5 Å². The van der Waals surface area contributed by atoms with Gasteiger partial charge < -0.3 is 15.3 Å². The molecule has 3 aromatic rings. The third-order valence-corrected chi connectivity index (χ3v) is 7.57. The lowest BCUT2D eigenvalue weighted by Gasteiger charge is -2.32. The van der Waals surface area contributed by atoms with Crippen LogP contribution in [0.4, 0.5) is 18.9 Å². The highest BCUT2D eigenvalue weighted by Crippen LogP contribution is 2.32. The number of carbonyl (C=O) groups excluding carboxylic acids is 1. The minimum absolute atomic E-state index is 0.0842. The van der Waals surface area contributed by atoms with Gasteiger partial charge in [0.05, 0.1) is 41.7 Å². The molecule has 1 saturated heterocycles. The van der Waals surface area contributed by atoms with E-state index in [4.69, 9.17) is 0 Å². The average molecular weight is 540 g/mol. The summed E-state index contributed by atoms with van der Waals surface area (Å²) in [5.74, 6) is -0.821. The number of aromatic nitrogens is 2. The Morgan fingerprint density at radius 3 is 2.64 bits per heavy atom. The van der Waals surface area contributed by atoms with E-state index in [0.29, 0.717) is 50.1 Å². The van der Waals surface area contributed by atoms with Crippen molar-refractivity contribution in [3.05, 3.63) is 71.4 Å². The number of hydrogen-bond donors (Lipinski definition) is 2. The Bertz CT molecular complexity index is 1370. The number of rotatable bonds is 7. The first kappa shape index (κ1) is 27.1. The molecule has 0 saturated carbocycles. The van der Waals surface area contributed by atoms with Gasteiger partial charge in [-0.15, -0.1) is 0 Å². The lowest BCUT2D eigenvalue weighted by atomic mass is 10.0. The zero-order valence-corrected chi connectivity index (χ0v) is 21.8. The standard InChI is InChI=1S/C29H32F3N5O2/c1-18(21-3-2-4-22(28(21)30)29(31)32)35-24-5-10-33-26-16-34-25(15-23(24)26)19-6-13-37(14-7-19)27(39)17-36-11-8-20(38)9-12-36/h2-6,10,15-16,18,20,29,38H,7-9,11-14,17H2,1H3,(H,33,35)/t18-/m1/s1. The van der Waals surface area contributed by atoms with E-state index in [1.165, 1.54) is 12.1 Å². The van der Waals surface area contributed by atoms with Crippen molar-refractivity contribution in [2.75, 3.05) is 38.0 Å². The molecule has 1 amide bonds. The van der Waals surface area contributed by atoms with Gasteiger partial charge in [-0.25, -0.2) is 13.2 Å². The molecular weight excluding hydrogens is 507 g/mol. The van der Waals surface area contributed by atoms with E-state index in [9.17, 15) is 23.1 Å². The number of halogens is 3. The third kappa shape index (κ3) is 6.07. The highest BCUT2D eigenvalue weighted by molar-refractivity contribution is 5.92. The third-order valence-electron chi connectivity index (χ3n) is 7.57. The number of nitrogens with one attached hydrogen (secondary N) is 1. The Balaban J connectivity index is 1.30. The monoisotopic (exact) mass is 539 g/mol. The molecule has 0 aliphatic carbocycles. The summed E-state index contributed by atoms with van der Waals surface area (Å²) in [6.45, 7) is 4.65. The first-order valence-electron chi connectivity index (χ1n) is 13.3. The number of hydrogen-bond acceptors (Lipinski definition) is 6. The van der Waals surface area contributed by atoms with Crippen LogP contribution in [0.3, 0.4) is 0 Å². The molecule has 2 aliphatic heterocycles. The van der Waals surface area contributed by atoms with Gasteiger partial charge in [-0.3, -0.25) is 19.7 Å². The van der Waals surface area contributed by atoms with Gasteiger partial charge in [-0.1, -0.05) is 24.3 Å². The number of fused-ring (bicyclic) bond motifs is 1. The summed E-state index contributed by atoms with van der Waals surface area (Å²) in [4.78, 5) is 25.7. The maximum atomic E-state index is 14.7. The summed E-state index contributed by atoms with van der Waals surface area (Å²) in [6, 6.07) is 7.16. The summed E-state index contributed by atoms with van der Waals surface area (Å²) in [6.07, 6.45) is 4.23. The van der Waals surface area contributed by atoms with Gasteiger partial charge in [0.2, 0.25) is 5.91 Å². The SMILES string of the molecule is C[C@@H](Nc1ccnc2cnc(C3=CCN(C(=O)CN4CCC(O)CC4)CC3)cc12)c1cccc(C(F)F)c1F. The first-order chi connectivity index (χ1) is 18.8. The normalized spacial score (nSPS) is 17.9. The predicted octanol–water partition coefficient (Wildman–Crippen LogP) is 4.95. The van der Waals surface area contributed by atoms with Crippen LogP contribution in [0.5, 0.6) is 0 Å². The Labute approximate surface area is 225 Å². The van der Waals surface area contributed by atoms with Crippen molar-refractivity contribution in [2.45, 2.75) is 44.8 Å². The molecule has 2 N–H and O–H groups in total. The van der Waals surface area contributed by atoms with Crippen molar-refractivity contribution >= 4 is 28.1 Å². The lowest BCUT2D eigenvalue weighted by molar-refractivity contribution is -0.132. The van der Waals surface area contributed by atoms with Crippen LogP contribution in [0.15, 0.2) is 48.8 Å². The van der Waals surface area contributed by atoms with E-state index >= 15 is 0 Å². The van der Waals surface area contributed by atoms with Crippen molar-refractivity contribution in [1.82, 2.24) is 19.8 Å². The zero-order valence-electron chi connectivity index (χ0n) is 21.8. The number of amides is 1. The van der Waals surface area contributed by atoms with Gasteiger partial charge in [0.1, 0.15) is 5.82 Å². The Hall–Kier alpha value is -3.50. The van der Waals surface area contributed by atoms with Gasteiger partial charge in [-0.05, 0) is 43.9 Å². The van der Waals surface area contributed by atoms with E-state index in [-0.39, 0.29) is 17.6 Å². The molecule has 2 aromatic heterocycles. The van der Waals surface area contributed by atoms with Crippen LogP contribution in [0.25, 0.3) is 16.5 Å². The van der Waals surface area contributed by atoms with Crippen LogP contribution < -0.4 is 5.32 Å². The number of alkyl halides is 2. The van der Waals surface area contributed by atoms with Crippen molar-refractivity contribution < 1.29 is 23.1 Å². The maximum absolute atomic E-state index is 14.7. The fraction of sp³-hybridized carbons (Fsp3) is 0.414. The van der Waals surface area contributed by atoms with Crippen molar-refractivity contribution in [2.24, 2.45) is 0 Å². The molecule has 206 valence electrons. The Morgan fingerprint density at radius 2 is 1.92 bits per heavy atom. The number of aliphatic hydroxyl groups is 1. The highest BCUT2D eigenvalue weighted by atomic mass is 19.3. The minimum Gasteiger partial charge on any atom is -0.393 e. The fourth-order valence-electron chi connectivity index (χ4n) is 5.23. The second kappa shape index (κ2) is 11.7. The number of carbonyl (C=O) groups is 1. The predicted molar refractivity (Wildman–Crippen MR) is 144 cm³/mol. The number of aliphatic hydroxyl groups excluding tert-OH is 1. The highest BCUT2D eigenvalue weighted by Gasteiger charge is 2.24.